The minimum atomic E-state index is -0.286. The summed E-state index contributed by atoms with van der Waals surface area (Å²) in [6, 6.07) is 0. The van der Waals surface area contributed by atoms with E-state index in [1.807, 2.05) is 0 Å². The molecule has 0 aromatic heterocycles. The molecule has 0 aliphatic carbocycles. The predicted molar refractivity (Wildman–Crippen MR) is 253 cm³/mol. The van der Waals surface area contributed by atoms with Gasteiger partial charge in [0.05, 0.1) is 6.61 Å². The largest absolute Gasteiger partial charge is 0.466 e. The number of unbranched alkanes of at least 4 members (excludes halogenated alkanes) is 25. The molecule has 9 heteroatoms. The molecule has 0 aromatic rings. The van der Waals surface area contributed by atoms with Gasteiger partial charge in [-0.3, -0.25) is 19.2 Å². The molecule has 0 unspecified atom stereocenters. The summed E-state index contributed by atoms with van der Waals surface area (Å²) in [5, 5.41) is 0. The SMILES string of the molecule is CCCCCCCCCOC(=O)CCCCCCCN(CCCCCCCC(=O)OC(CCCCCCCC)CCCCCCCC)CCCCC(=O)OCCOC(=O)CC. The van der Waals surface area contributed by atoms with E-state index in [2.05, 4.69) is 25.7 Å². The molecule has 0 aromatic carbocycles. The second kappa shape index (κ2) is 47.3. The highest BCUT2D eigenvalue weighted by Crippen LogP contribution is 2.19. The van der Waals surface area contributed by atoms with E-state index in [-0.39, 0.29) is 43.2 Å². The monoisotopic (exact) mass is 866 g/mol. The van der Waals surface area contributed by atoms with Gasteiger partial charge in [-0.2, -0.15) is 0 Å². The van der Waals surface area contributed by atoms with E-state index in [1.54, 1.807) is 6.92 Å². The molecule has 0 spiro atoms. The molecule has 9 nitrogen and oxygen atoms in total. The van der Waals surface area contributed by atoms with Gasteiger partial charge in [-0.25, -0.2) is 0 Å². The lowest BCUT2D eigenvalue weighted by molar-refractivity contribution is -0.152. The van der Waals surface area contributed by atoms with Crippen LogP contribution in [-0.2, 0) is 38.1 Å². The average molecular weight is 866 g/mol. The summed E-state index contributed by atoms with van der Waals surface area (Å²) in [5.41, 5.74) is 0. The predicted octanol–water partition coefficient (Wildman–Crippen LogP) is 14.3. The second-order valence-corrected chi connectivity index (χ2v) is 17.7. The zero-order valence-corrected chi connectivity index (χ0v) is 40.7. The number of hydrogen-bond acceptors (Lipinski definition) is 9. The van der Waals surface area contributed by atoms with Crippen LogP contribution < -0.4 is 0 Å². The van der Waals surface area contributed by atoms with Crippen LogP contribution in [0.25, 0.3) is 0 Å². The van der Waals surface area contributed by atoms with Gasteiger partial charge in [0.1, 0.15) is 19.3 Å². The molecule has 0 aliphatic rings. The number of nitrogens with zero attached hydrogens (tertiary/aromatic N) is 1. The van der Waals surface area contributed by atoms with Gasteiger partial charge in [0.15, 0.2) is 0 Å². The second-order valence-electron chi connectivity index (χ2n) is 17.7. The molecule has 0 saturated heterocycles. The molecule has 0 heterocycles. The van der Waals surface area contributed by atoms with Gasteiger partial charge in [-0.05, 0) is 90.3 Å². The van der Waals surface area contributed by atoms with E-state index < -0.39 is 0 Å². The molecule has 0 saturated carbocycles. The Morgan fingerprint density at radius 1 is 0.344 bits per heavy atom. The van der Waals surface area contributed by atoms with Crippen LogP contribution in [-0.4, -0.2) is 74.3 Å². The maximum absolute atomic E-state index is 12.9. The number of carbonyl (C=O) groups is 4. The summed E-state index contributed by atoms with van der Waals surface area (Å²) < 4.78 is 21.7. The maximum atomic E-state index is 12.9. The molecule has 0 aliphatic heterocycles. The summed E-state index contributed by atoms with van der Waals surface area (Å²) in [7, 11) is 0. The molecule has 0 atom stereocenters. The molecule has 0 N–H and O–H groups in total. The Morgan fingerprint density at radius 3 is 1.13 bits per heavy atom. The Kier molecular flexibility index (Phi) is 45.6. The Bertz CT molecular complexity index is 974. The summed E-state index contributed by atoms with van der Waals surface area (Å²) in [6.07, 6.45) is 40.0. The Hall–Kier alpha value is -2.16. The third-order valence-corrected chi connectivity index (χ3v) is 11.8. The highest BCUT2D eigenvalue weighted by atomic mass is 16.6. The zero-order chi connectivity index (χ0) is 44.7. The molecule has 0 rings (SSSR count). The Balaban J connectivity index is 4.52. The molecule has 0 radical (unpaired) electrons. The van der Waals surface area contributed by atoms with Crippen LogP contribution >= 0.6 is 0 Å². The van der Waals surface area contributed by atoms with Crippen LogP contribution in [0.2, 0.25) is 0 Å². The molecule has 0 bridgehead atoms. The van der Waals surface area contributed by atoms with Gasteiger partial charge in [-0.1, -0.05) is 169 Å². The number of hydrogen-bond donors (Lipinski definition) is 0. The summed E-state index contributed by atoms with van der Waals surface area (Å²) in [5.74, 6) is -0.579. The van der Waals surface area contributed by atoms with Gasteiger partial charge >= 0.3 is 23.9 Å². The highest BCUT2D eigenvalue weighted by molar-refractivity contribution is 5.70. The van der Waals surface area contributed by atoms with Crippen molar-refractivity contribution in [3.63, 3.8) is 0 Å². The van der Waals surface area contributed by atoms with Gasteiger partial charge in [-0.15, -0.1) is 0 Å². The van der Waals surface area contributed by atoms with Crippen molar-refractivity contribution in [3.8, 4) is 0 Å². The molecule has 0 amide bonds. The lowest BCUT2D eigenvalue weighted by Gasteiger charge is -2.22. The van der Waals surface area contributed by atoms with E-state index in [0.717, 1.165) is 135 Å². The first-order chi connectivity index (χ1) is 29.9. The number of carbonyl (C=O) groups excluding carboxylic acids is 4. The van der Waals surface area contributed by atoms with Crippen LogP contribution in [0.3, 0.4) is 0 Å². The average Bonchev–Trinajstić information content (AvgIpc) is 3.25. The summed E-state index contributed by atoms with van der Waals surface area (Å²) in [4.78, 5) is 51.0. The van der Waals surface area contributed by atoms with E-state index >= 15 is 0 Å². The van der Waals surface area contributed by atoms with Crippen LogP contribution in [0.1, 0.15) is 265 Å². The van der Waals surface area contributed by atoms with Crippen LogP contribution in [0.5, 0.6) is 0 Å². The number of rotatable bonds is 48. The fraction of sp³-hybridized carbons (Fsp3) is 0.923. The maximum Gasteiger partial charge on any atom is 0.306 e. The van der Waals surface area contributed by atoms with E-state index in [4.69, 9.17) is 18.9 Å². The van der Waals surface area contributed by atoms with Crippen molar-refractivity contribution < 1.29 is 38.1 Å². The minimum absolute atomic E-state index is 0.00399. The molecule has 0 fully saturated rings. The quantitative estimate of drug-likeness (QED) is 0.0335. The Morgan fingerprint density at radius 2 is 0.672 bits per heavy atom. The molecule has 61 heavy (non-hydrogen) atoms. The Labute approximate surface area is 376 Å². The van der Waals surface area contributed by atoms with Gasteiger partial charge in [0.25, 0.3) is 0 Å². The third kappa shape index (κ3) is 44.3. The van der Waals surface area contributed by atoms with Crippen molar-refractivity contribution in [2.45, 2.75) is 271 Å². The summed E-state index contributed by atoms with van der Waals surface area (Å²) >= 11 is 0. The first-order valence-electron chi connectivity index (χ1n) is 26.2. The van der Waals surface area contributed by atoms with Crippen molar-refractivity contribution in [1.29, 1.82) is 0 Å². The van der Waals surface area contributed by atoms with Crippen molar-refractivity contribution in [2.24, 2.45) is 0 Å². The normalized spacial score (nSPS) is 11.4. The molecule has 360 valence electrons. The van der Waals surface area contributed by atoms with E-state index in [9.17, 15) is 19.2 Å². The third-order valence-electron chi connectivity index (χ3n) is 11.8. The topological polar surface area (TPSA) is 108 Å². The fourth-order valence-corrected chi connectivity index (χ4v) is 7.82. The van der Waals surface area contributed by atoms with Crippen LogP contribution in [0.15, 0.2) is 0 Å². The van der Waals surface area contributed by atoms with Crippen molar-refractivity contribution in [3.05, 3.63) is 0 Å². The highest BCUT2D eigenvalue weighted by Gasteiger charge is 2.15. The smallest absolute Gasteiger partial charge is 0.306 e. The number of esters is 4. The minimum Gasteiger partial charge on any atom is -0.466 e. The van der Waals surface area contributed by atoms with Crippen molar-refractivity contribution >= 4 is 23.9 Å². The van der Waals surface area contributed by atoms with Crippen molar-refractivity contribution in [2.75, 3.05) is 39.5 Å². The van der Waals surface area contributed by atoms with E-state index in [0.29, 0.717) is 32.3 Å². The lowest BCUT2D eigenvalue weighted by Crippen LogP contribution is -2.27. The van der Waals surface area contributed by atoms with Crippen LogP contribution in [0.4, 0.5) is 0 Å². The van der Waals surface area contributed by atoms with Crippen molar-refractivity contribution in [1.82, 2.24) is 4.90 Å². The van der Waals surface area contributed by atoms with Gasteiger partial charge in [0.2, 0.25) is 0 Å². The zero-order valence-electron chi connectivity index (χ0n) is 40.7. The van der Waals surface area contributed by atoms with Gasteiger partial charge < -0.3 is 23.8 Å². The fourth-order valence-electron chi connectivity index (χ4n) is 7.82. The first-order valence-corrected chi connectivity index (χ1v) is 26.2. The van der Waals surface area contributed by atoms with E-state index in [1.165, 1.54) is 96.3 Å². The number of ether oxygens (including phenoxy) is 4. The van der Waals surface area contributed by atoms with Crippen LogP contribution in [0, 0.1) is 0 Å². The first kappa shape index (κ1) is 58.8. The molecular formula is C52H99NO8. The molecular weight excluding hydrogens is 767 g/mol. The standard InChI is InChI=1S/C52H99NO8/c1-5-9-12-15-18-27-36-45-58-50(55)39-30-23-19-25-33-42-53(44-35-32-40-51(56)60-47-46-59-49(54)8-4)43-34-26-20-24-31-41-52(57)61-48(37-28-21-16-13-10-6-2)38-29-22-17-14-11-7-3/h48H,5-47H2,1-4H3. The lowest BCUT2D eigenvalue weighted by atomic mass is 10.0. The summed E-state index contributed by atoms with van der Waals surface area (Å²) in [6.45, 7) is 12.3. The van der Waals surface area contributed by atoms with Gasteiger partial charge in [0, 0.05) is 25.7 Å².